The summed E-state index contributed by atoms with van der Waals surface area (Å²) in [6, 6.07) is 24.6. The SMILES string of the molecule is CCOc1ccccc1/C=C/C(=O)OC(C)C(=O)Nc1ccccc1-c1ccccc1. The van der Waals surface area contributed by atoms with Crippen LogP contribution < -0.4 is 10.1 Å². The fraction of sp³-hybridized carbons (Fsp3) is 0.154. The molecule has 1 N–H and O–H groups in total. The van der Waals surface area contributed by atoms with Gasteiger partial charge in [0.1, 0.15) is 5.75 Å². The summed E-state index contributed by atoms with van der Waals surface area (Å²) in [5.74, 6) is -0.331. The van der Waals surface area contributed by atoms with Crippen LogP contribution in [0.1, 0.15) is 19.4 Å². The lowest BCUT2D eigenvalue weighted by molar-refractivity contribution is -0.148. The Labute approximate surface area is 182 Å². The summed E-state index contributed by atoms with van der Waals surface area (Å²) >= 11 is 0. The van der Waals surface area contributed by atoms with Gasteiger partial charge in [-0.3, -0.25) is 4.79 Å². The largest absolute Gasteiger partial charge is 0.493 e. The number of nitrogens with one attached hydrogen (secondary N) is 1. The van der Waals surface area contributed by atoms with Crippen LogP contribution in [0.2, 0.25) is 0 Å². The van der Waals surface area contributed by atoms with Crippen molar-refractivity contribution in [1.82, 2.24) is 0 Å². The Morgan fingerprint density at radius 3 is 2.39 bits per heavy atom. The molecule has 1 amide bonds. The molecule has 0 saturated heterocycles. The average Bonchev–Trinajstić information content (AvgIpc) is 2.79. The third kappa shape index (κ3) is 6.06. The number of para-hydroxylation sites is 2. The number of ether oxygens (including phenoxy) is 2. The molecule has 0 aromatic heterocycles. The molecule has 0 aliphatic rings. The van der Waals surface area contributed by atoms with Crippen LogP contribution in [0.3, 0.4) is 0 Å². The zero-order valence-electron chi connectivity index (χ0n) is 17.6. The van der Waals surface area contributed by atoms with Gasteiger partial charge in [-0.15, -0.1) is 0 Å². The van der Waals surface area contributed by atoms with E-state index in [9.17, 15) is 9.59 Å². The van der Waals surface area contributed by atoms with Crippen LogP contribution in [0.25, 0.3) is 17.2 Å². The van der Waals surface area contributed by atoms with Crippen LogP contribution >= 0.6 is 0 Å². The summed E-state index contributed by atoms with van der Waals surface area (Å²) in [7, 11) is 0. The van der Waals surface area contributed by atoms with E-state index in [1.165, 1.54) is 6.08 Å². The van der Waals surface area contributed by atoms with Crippen molar-refractivity contribution >= 4 is 23.6 Å². The molecule has 0 fully saturated rings. The monoisotopic (exact) mass is 415 g/mol. The van der Waals surface area contributed by atoms with Crippen molar-refractivity contribution in [3.63, 3.8) is 0 Å². The summed E-state index contributed by atoms with van der Waals surface area (Å²) in [4.78, 5) is 24.8. The Morgan fingerprint density at radius 2 is 1.61 bits per heavy atom. The number of carbonyl (C=O) groups excluding carboxylic acids is 2. The van der Waals surface area contributed by atoms with Crippen LogP contribution in [0.4, 0.5) is 5.69 Å². The number of amides is 1. The van der Waals surface area contributed by atoms with Crippen molar-refractivity contribution in [2.45, 2.75) is 20.0 Å². The van der Waals surface area contributed by atoms with Gasteiger partial charge in [0.25, 0.3) is 5.91 Å². The molecule has 158 valence electrons. The molecular weight excluding hydrogens is 390 g/mol. The second-order valence-corrected chi connectivity index (χ2v) is 6.78. The molecule has 0 spiro atoms. The Balaban J connectivity index is 1.64. The smallest absolute Gasteiger partial charge is 0.331 e. The highest BCUT2D eigenvalue weighted by Crippen LogP contribution is 2.27. The molecule has 0 radical (unpaired) electrons. The van der Waals surface area contributed by atoms with Crippen molar-refractivity contribution in [3.05, 3.63) is 90.5 Å². The quantitative estimate of drug-likeness (QED) is 0.399. The molecule has 0 saturated carbocycles. The highest BCUT2D eigenvalue weighted by Gasteiger charge is 2.18. The number of benzene rings is 3. The zero-order chi connectivity index (χ0) is 22.1. The molecular formula is C26H25NO4. The topological polar surface area (TPSA) is 64.6 Å². The van der Waals surface area contributed by atoms with Gasteiger partial charge >= 0.3 is 5.97 Å². The molecule has 0 aliphatic heterocycles. The van der Waals surface area contributed by atoms with Crippen LogP contribution in [-0.2, 0) is 14.3 Å². The highest BCUT2D eigenvalue weighted by molar-refractivity contribution is 5.99. The summed E-state index contributed by atoms with van der Waals surface area (Å²) in [5.41, 5.74) is 3.29. The highest BCUT2D eigenvalue weighted by atomic mass is 16.5. The molecule has 31 heavy (non-hydrogen) atoms. The maximum absolute atomic E-state index is 12.6. The van der Waals surface area contributed by atoms with Gasteiger partial charge in [0.2, 0.25) is 0 Å². The predicted octanol–water partition coefficient (Wildman–Crippen LogP) is 5.34. The van der Waals surface area contributed by atoms with Gasteiger partial charge in [0.15, 0.2) is 6.10 Å². The van der Waals surface area contributed by atoms with E-state index in [4.69, 9.17) is 9.47 Å². The van der Waals surface area contributed by atoms with E-state index in [1.807, 2.05) is 85.8 Å². The van der Waals surface area contributed by atoms with E-state index in [0.717, 1.165) is 16.7 Å². The Hall–Kier alpha value is -3.86. The Kier molecular flexibility index (Phi) is 7.60. The summed E-state index contributed by atoms with van der Waals surface area (Å²) < 4.78 is 10.8. The normalized spacial score (nSPS) is 11.7. The summed E-state index contributed by atoms with van der Waals surface area (Å²) in [5, 5.41) is 2.85. The van der Waals surface area contributed by atoms with Crippen LogP contribution in [0.5, 0.6) is 5.75 Å². The third-order valence-corrected chi connectivity index (χ3v) is 4.55. The van der Waals surface area contributed by atoms with Crippen LogP contribution in [0.15, 0.2) is 84.9 Å². The van der Waals surface area contributed by atoms with Crippen molar-refractivity contribution in [3.8, 4) is 16.9 Å². The molecule has 0 aliphatic carbocycles. The second-order valence-electron chi connectivity index (χ2n) is 6.78. The van der Waals surface area contributed by atoms with Gasteiger partial charge in [0.05, 0.1) is 6.61 Å². The summed E-state index contributed by atoms with van der Waals surface area (Å²) in [6.45, 7) is 3.96. The first kappa shape index (κ1) is 21.8. The second kappa shape index (κ2) is 10.8. The maximum atomic E-state index is 12.6. The predicted molar refractivity (Wildman–Crippen MR) is 123 cm³/mol. The van der Waals surface area contributed by atoms with Crippen molar-refractivity contribution in [2.75, 3.05) is 11.9 Å². The van der Waals surface area contributed by atoms with Crippen molar-refractivity contribution in [2.24, 2.45) is 0 Å². The van der Waals surface area contributed by atoms with E-state index < -0.39 is 18.0 Å². The molecule has 5 heteroatoms. The van der Waals surface area contributed by atoms with Gasteiger partial charge < -0.3 is 14.8 Å². The Bertz CT molecular complexity index is 1060. The van der Waals surface area contributed by atoms with Crippen LogP contribution in [-0.4, -0.2) is 24.6 Å². The Morgan fingerprint density at radius 1 is 0.935 bits per heavy atom. The first-order valence-electron chi connectivity index (χ1n) is 10.1. The molecule has 3 rings (SSSR count). The van der Waals surface area contributed by atoms with E-state index in [2.05, 4.69) is 5.32 Å². The lowest BCUT2D eigenvalue weighted by atomic mass is 10.0. The summed E-state index contributed by atoms with van der Waals surface area (Å²) in [6.07, 6.45) is 1.95. The third-order valence-electron chi connectivity index (χ3n) is 4.55. The van der Waals surface area contributed by atoms with E-state index in [0.29, 0.717) is 18.0 Å². The minimum atomic E-state index is -0.955. The zero-order valence-corrected chi connectivity index (χ0v) is 17.6. The lowest BCUT2D eigenvalue weighted by Gasteiger charge is -2.15. The number of hydrogen-bond donors (Lipinski definition) is 1. The van der Waals surface area contributed by atoms with Gasteiger partial charge in [-0.05, 0) is 37.6 Å². The standard InChI is InChI=1S/C26H25NO4/c1-3-30-24-16-10-7-13-21(24)17-18-25(28)31-19(2)26(29)27-23-15-9-8-14-22(23)20-11-5-4-6-12-20/h4-19H,3H2,1-2H3,(H,27,29)/b18-17+. The molecule has 5 nitrogen and oxygen atoms in total. The fourth-order valence-corrected chi connectivity index (χ4v) is 3.03. The maximum Gasteiger partial charge on any atom is 0.331 e. The molecule has 3 aromatic carbocycles. The molecule has 1 unspecified atom stereocenters. The number of esters is 1. The molecule has 1 atom stereocenters. The first-order valence-corrected chi connectivity index (χ1v) is 10.1. The molecule has 0 heterocycles. The minimum absolute atomic E-state index is 0.403. The molecule has 3 aromatic rings. The number of hydrogen-bond acceptors (Lipinski definition) is 4. The fourth-order valence-electron chi connectivity index (χ4n) is 3.03. The van der Waals surface area contributed by atoms with Gasteiger partial charge in [-0.25, -0.2) is 4.79 Å². The number of rotatable bonds is 8. The minimum Gasteiger partial charge on any atom is -0.493 e. The van der Waals surface area contributed by atoms with Crippen LogP contribution in [0, 0.1) is 0 Å². The van der Waals surface area contributed by atoms with E-state index in [-0.39, 0.29) is 0 Å². The van der Waals surface area contributed by atoms with Crippen molar-refractivity contribution in [1.29, 1.82) is 0 Å². The average molecular weight is 415 g/mol. The van der Waals surface area contributed by atoms with Gasteiger partial charge in [0, 0.05) is 22.9 Å². The number of anilines is 1. The first-order chi connectivity index (χ1) is 15.1. The van der Waals surface area contributed by atoms with E-state index in [1.54, 1.807) is 13.0 Å². The molecule has 0 bridgehead atoms. The van der Waals surface area contributed by atoms with Crippen molar-refractivity contribution < 1.29 is 19.1 Å². The van der Waals surface area contributed by atoms with Gasteiger partial charge in [-0.1, -0.05) is 66.7 Å². The van der Waals surface area contributed by atoms with E-state index >= 15 is 0 Å². The number of carbonyl (C=O) groups is 2. The lowest BCUT2D eigenvalue weighted by Crippen LogP contribution is -2.29. The van der Waals surface area contributed by atoms with Gasteiger partial charge in [-0.2, -0.15) is 0 Å².